The highest BCUT2D eigenvalue weighted by Gasteiger charge is 2.35. The molecule has 2 N–H and O–H groups in total. The fraction of sp³-hybridized carbons (Fsp3) is 0.500. The van der Waals surface area contributed by atoms with Crippen molar-refractivity contribution in [1.82, 2.24) is 15.2 Å². The summed E-state index contributed by atoms with van der Waals surface area (Å²) in [6.07, 6.45) is -3.02. The van der Waals surface area contributed by atoms with Crippen LogP contribution in [-0.4, -0.2) is 53.2 Å². The maximum atomic E-state index is 12.7. The van der Waals surface area contributed by atoms with Gasteiger partial charge in [0.2, 0.25) is 5.88 Å². The fourth-order valence-electron chi connectivity index (χ4n) is 2.29. The molecule has 1 atom stereocenters. The summed E-state index contributed by atoms with van der Waals surface area (Å²) in [4.78, 5) is 27.5. The SMILES string of the molecule is O=C(O)C1CCN(C(=O)NCCOc2ncccc2C(F)(F)F)C1. The first-order valence-corrected chi connectivity index (χ1v) is 7.19. The van der Waals surface area contributed by atoms with Gasteiger partial charge in [0.1, 0.15) is 12.2 Å². The van der Waals surface area contributed by atoms with E-state index in [1.807, 2.05) is 0 Å². The zero-order valence-corrected chi connectivity index (χ0v) is 12.5. The van der Waals surface area contributed by atoms with Crippen LogP contribution in [0, 0.1) is 5.92 Å². The van der Waals surface area contributed by atoms with Crippen molar-refractivity contribution in [2.75, 3.05) is 26.2 Å². The Morgan fingerprint density at radius 3 is 2.83 bits per heavy atom. The average Bonchev–Trinajstić information content (AvgIpc) is 3.01. The Labute approximate surface area is 135 Å². The number of rotatable bonds is 5. The lowest BCUT2D eigenvalue weighted by atomic mass is 10.1. The number of aliphatic carboxylic acids is 1. The Kier molecular flexibility index (Phi) is 5.47. The van der Waals surface area contributed by atoms with Gasteiger partial charge in [-0.3, -0.25) is 4.79 Å². The van der Waals surface area contributed by atoms with Crippen LogP contribution in [0.4, 0.5) is 18.0 Å². The number of ether oxygens (including phenoxy) is 1. The number of pyridine rings is 1. The summed E-state index contributed by atoms with van der Waals surface area (Å²) < 4.78 is 43.2. The van der Waals surface area contributed by atoms with Crippen molar-refractivity contribution in [3.8, 4) is 5.88 Å². The molecule has 10 heteroatoms. The Morgan fingerprint density at radius 2 is 2.21 bits per heavy atom. The molecule has 7 nitrogen and oxygen atoms in total. The number of amides is 2. The molecule has 2 amide bonds. The van der Waals surface area contributed by atoms with E-state index >= 15 is 0 Å². The van der Waals surface area contributed by atoms with Crippen LogP contribution in [0.3, 0.4) is 0 Å². The molecule has 1 aliphatic rings. The molecule has 0 saturated carbocycles. The van der Waals surface area contributed by atoms with Gasteiger partial charge in [0.25, 0.3) is 0 Å². The first-order valence-electron chi connectivity index (χ1n) is 7.19. The number of hydrogen-bond donors (Lipinski definition) is 2. The maximum Gasteiger partial charge on any atom is 0.421 e. The molecule has 0 aromatic carbocycles. The van der Waals surface area contributed by atoms with Gasteiger partial charge in [-0.25, -0.2) is 9.78 Å². The largest absolute Gasteiger partial charge is 0.481 e. The third-order valence-electron chi connectivity index (χ3n) is 3.52. The van der Waals surface area contributed by atoms with Crippen molar-refractivity contribution in [3.05, 3.63) is 23.9 Å². The van der Waals surface area contributed by atoms with Crippen LogP contribution in [-0.2, 0) is 11.0 Å². The number of alkyl halides is 3. The van der Waals surface area contributed by atoms with E-state index in [4.69, 9.17) is 9.84 Å². The van der Waals surface area contributed by atoms with Crippen molar-refractivity contribution < 1.29 is 32.6 Å². The summed E-state index contributed by atoms with van der Waals surface area (Å²) in [5, 5.41) is 11.3. The highest BCUT2D eigenvalue weighted by molar-refractivity contribution is 5.77. The first-order chi connectivity index (χ1) is 11.3. The highest BCUT2D eigenvalue weighted by Crippen LogP contribution is 2.34. The Hall–Kier alpha value is -2.52. The van der Waals surface area contributed by atoms with Gasteiger partial charge in [-0.15, -0.1) is 0 Å². The molecule has 1 saturated heterocycles. The van der Waals surface area contributed by atoms with Gasteiger partial charge in [0.15, 0.2) is 0 Å². The summed E-state index contributed by atoms with van der Waals surface area (Å²) >= 11 is 0. The van der Waals surface area contributed by atoms with E-state index in [0.717, 1.165) is 12.1 Å². The van der Waals surface area contributed by atoms with Gasteiger partial charge in [-0.1, -0.05) is 0 Å². The molecular formula is C14H16F3N3O4. The van der Waals surface area contributed by atoms with Crippen LogP contribution in [0.15, 0.2) is 18.3 Å². The lowest BCUT2D eigenvalue weighted by molar-refractivity contribution is -0.141. The number of carbonyl (C=O) groups is 2. The summed E-state index contributed by atoms with van der Waals surface area (Å²) in [7, 11) is 0. The lowest BCUT2D eigenvalue weighted by Crippen LogP contribution is -2.40. The average molecular weight is 347 g/mol. The smallest absolute Gasteiger partial charge is 0.421 e. The molecule has 2 heterocycles. The second-order valence-electron chi connectivity index (χ2n) is 5.20. The normalized spacial score (nSPS) is 17.6. The van der Waals surface area contributed by atoms with Gasteiger partial charge in [0, 0.05) is 19.3 Å². The van der Waals surface area contributed by atoms with Gasteiger partial charge >= 0.3 is 18.2 Å². The van der Waals surface area contributed by atoms with Crippen LogP contribution in [0.2, 0.25) is 0 Å². The Bertz CT molecular complexity index is 609. The van der Waals surface area contributed by atoms with Crippen molar-refractivity contribution >= 4 is 12.0 Å². The number of nitrogens with one attached hydrogen (secondary N) is 1. The molecule has 1 unspecified atom stereocenters. The lowest BCUT2D eigenvalue weighted by Gasteiger charge is -2.17. The van der Waals surface area contributed by atoms with E-state index < -0.39 is 35.5 Å². The number of hydrogen-bond acceptors (Lipinski definition) is 4. The number of aromatic nitrogens is 1. The van der Waals surface area contributed by atoms with Crippen LogP contribution in [0.1, 0.15) is 12.0 Å². The highest BCUT2D eigenvalue weighted by atomic mass is 19.4. The minimum absolute atomic E-state index is 0.0268. The van der Waals surface area contributed by atoms with E-state index in [2.05, 4.69) is 10.3 Å². The number of carbonyl (C=O) groups excluding carboxylic acids is 1. The van der Waals surface area contributed by atoms with Gasteiger partial charge in [0.05, 0.1) is 12.5 Å². The zero-order chi connectivity index (χ0) is 17.7. The van der Waals surface area contributed by atoms with E-state index in [0.29, 0.717) is 13.0 Å². The second kappa shape index (κ2) is 7.37. The Morgan fingerprint density at radius 1 is 1.46 bits per heavy atom. The number of carboxylic acids is 1. The molecule has 1 aliphatic heterocycles. The molecule has 0 spiro atoms. The van der Waals surface area contributed by atoms with E-state index in [9.17, 15) is 22.8 Å². The number of likely N-dealkylation sites (tertiary alicyclic amines) is 1. The van der Waals surface area contributed by atoms with E-state index in [1.54, 1.807) is 0 Å². The monoisotopic (exact) mass is 347 g/mol. The van der Waals surface area contributed by atoms with Crippen LogP contribution in [0.25, 0.3) is 0 Å². The quantitative estimate of drug-likeness (QED) is 0.790. The number of urea groups is 1. The predicted molar refractivity (Wildman–Crippen MR) is 75.4 cm³/mol. The van der Waals surface area contributed by atoms with Crippen molar-refractivity contribution in [3.63, 3.8) is 0 Å². The zero-order valence-electron chi connectivity index (χ0n) is 12.5. The second-order valence-corrected chi connectivity index (χ2v) is 5.20. The topological polar surface area (TPSA) is 91.8 Å². The van der Waals surface area contributed by atoms with Crippen LogP contribution in [0.5, 0.6) is 5.88 Å². The van der Waals surface area contributed by atoms with Crippen LogP contribution >= 0.6 is 0 Å². The molecular weight excluding hydrogens is 331 g/mol. The molecule has 0 radical (unpaired) electrons. The van der Waals surface area contributed by atoms with E-state index in [1.165, 1.54) is 11.1 Å². The fourth-order valence-corrected chi connectivity index (χ4v) is 2.29. The summed E-state index contributed by atoms with van der Waals surface area (Å²) in [5.74, 6) is -2.09. The van der Waals surface area contributed by atoms with Gasteiger partial charge in [-0.2, -0.15) is 13.2 Å². The summed E-state index contributed by atoms with van der Waals surface area (Å²) in [6.45, 7) is 0.214. The molecule has 1 fully saturated rings. The number of nitrogens with zero attached hydrogens (tertiary/aromatic N) is 2. The molecule has 1 aromatic rings. The Balaban J connectivity index is 1.78. The standard InChI is InChI=1S/C14H16F3N3O4/c15-14(16,17)10-2-1-4-18-11(10)24-7-5-19-13(23)20-6-3-9(8-20)12(21)22/h1-2,4,9H,3,5-8H2,(H,19,23)(H,21,22). The number of carboxylic acid groups (broad SMARTS) is 1. The minimum atomic E-state index is -4.58. The molecule has 1 aromatic heterocycles. The molecule has 0 bridgehead atoms. The maximum absolute atomic E-state index is 12.7. The van der Waals surface area contributed by atoms with E-state index in [-0.39, 0.29) is 19.7 Å². The van der Waals surface area contributed by atoms with Crippen LogP contribution < -0.4 is 10.1 Å². The first kappa shape index (κ1) is 17.8. The van der Waals surface area contributed by atoms with Gasteiger partial charge in [-0.05, 0) is 18.6 Å². The molecule has 2 rings (SSSR count). The molecule has 24 heavy (non-hydrogen) atoms. The van der Waals surface area contributed by atoms with Gasteiger partial charge < -0.3 is 20.1 Å². The van der Waals surface area contributed by atoms with Crippen molar-refractivity contribution in [2.45, 2.75) is 12.6 Å². The summed E-state index contributed by atoms with van der Waals surface area (Å²) in [5.41, 5.74) is -0.986. The van der Waals surface area contributed by atoms with Crippen molar-refractivity contribution in [2.24, 2.45) is 5.92 Å². The minimum Gasteiger partial charge on any atom is -0.481 e. The third-order valence-corrected chi connectivity index (χ3v) is 3.52. The third kappa shape index (κ3) is 4.49. The van der Waals surface area contributed by atoms with Crippen molar-refractivity contribution in [1.29, 1.82) is 0 Å². The molecule has 0 aliphatic carbocycles. The predicted octanol–water partition coefficient (Wildman–Crippen LogP) is 1.60. The summed E-state index contributed by atoms with van der Waals surface area (Å²) in [6, 6.07) is 1.54. The number of halogens is 3. The molecule has 132 valence electrons.